The van der Waals surface area contributed by atoms with Crippen LogP contribution in [0.4, 0.5) is 5.69 Å². The maximum Gasteiger partial charge on any atom is 0.311 e. The molecule has 1 aromatic heterocycles. The van der Waals surface area contributed by atoms with Gasteiger partial charge in [0.05, 0.1) is 14.6 Å². The second kappa shape index (κ2) is 7.92. The summed E-state index contributed by atoms with van der Waals surface area (Å²) in [5.41, 5.74) is 0.643. The molecule has 2 aliphatic rings. The topological polar surface area (TPSA) is 82.1 Å². The van der Waals surface area contributed by atoms with Gasteiger partial charge < -0.3 is 19.1 Å². The number of ether oxygens (including phenoxy) is 3. The number of carbonyl (C=O) groups excluding carboxylic acids is 3. The van der Waals surface area contributed by atoms with Crippen LogP contribution in [0, 0.1) is 5.92 Å². The van der Waals surface area contributed by atoms with Gasteiger partial charge in [-0.2, -0.15) is 0 Å². The molecule has 1 fully saturated rings. The van der Waals surface area contributed by atoms with Gasteiger partial charge in [-0.3, -0.25) is 14.4 Å². The zero-order chi connectivity index (χ0) is 19.7. The Morgan fingerprint density at radius 3 is 2.71 bits per heavy atom. The fraction of sp³-hybridized carbons (Fsp3) is 0.316. The number of Topliss-reactive ketones (excluding diaryl/α,β-unsaturated/α-hetero) is 1. The van der Waals surface area contributed by atoms with Crippen molar-refractivity contribution in [2.75, 3.05) is 31.3 Å². The van der Waals surface area contributed by atoms with Crippen LogP contribution in [-0.2, 0) is 14.3 Å². The Bertz CT molecular complexity index is 942. The average Bonchev–Trinajstić information content (AvgIpc) is 3.31. The number of carbonyl (C=O) groups is 3. The second-order valence-corrected chi connectivity index (χ2v) is 8.83. The number of hydrogen-bond donors (Lipinski definition) is 0. The van der Waals surface area contributed by atoms with E-state index in [1.54, 1.807) is 30.3 Å². The highest BCUT2D eigenvalue weighted by molar-refractivity contribution is 9.11. The van der Waals surface area contributed by atoms with Crippen LogP contribution >= 0.6 is 27.3 Å². The number of rotatable bonds is 5. The van der Waals surface area contributed by atoms with Crippen molar-refractivity contribution in [2.24, 2.45) is 5.92 Å². The normalized spacial score (nSPS) is 18.2. The number of hydrogen-bond acceptors (Lipinski definition) is 7. The van der Waals surface area contributed by atoms with Crippen molar-refractivity contribution in [2.45, 2.75) is 6.42 Å². The quantitative estimate of drug-likeness (QED) is 0.498. The monoisotopic (exact) mass is 465 g/mol. The van der Waals surface area contributed by atoms with Crippen molar-refractivity contribution >= 4 is 50.6 Å². The third-order valence-electron chi connectivity index (χ3n) is 4.49. The van der Waals surface area contributed by atoms with Crippen LogP contribution in [0.5, 0.6) is 11.5 Å². The molecule has 3 heterocycles. The number of nitrogens with zero attached hydrogens (tertiary/aromatic N) is 1. The standard InChI is InChI=1S/C19H16BrNO6S/c20-17-4-3-16(28-17)13(22)10-27-19(24)11-7-18(23)21(9-11)12-1-2-14-15(8-12)26-6-5-25-14/h1-4,8,11H,5-7,9-10H2/t11-/m0/s1. The number of halogens is 1. The van der Waals surface area contributed by atoms with Crippen molar-refractivity contribution in [1.82, 2.24) is 0 Å². The first-order valence-electron chi connectivity index (χ1n) is 8.66. The van der Waals surface area contributed by atoms with E-state index in [1.807, 2.05) is 0 Å². The molecule has 2 aromatic rings. The molecule has 0 bridgehead atoms. The molecule has 146 valence electrons. The number of anilines is 1. The Morgan fingerprint density at radius 2 is 1.96 bits per heavy atom. The molecule has 1 atom stereocenters. The summed E-state index contributed by atoms with van der Waals surface area (Å²) in [6.45, 7) is 0.814. The van der Waals surface area contributed by atoms with Crippen LogP contribution in [0.3, 0.4) is 0 Å². The molecule has 0 N–H and O–H groups in total. The van der Waals surface area contributed by atoms with E-state index in [-0.39, 0.29) is 31.3 Å². The van der Waals surface area contributed by atoms with Gasteiger partial charge in [-0.25, -0.2) is 0 Å². The summed E-state index contributed by atoms with van der Waals surface area (Å²) < 4.78 is 17.0. The van der Waals surface area contributed by atoms with Gasteiger partial charge in [-0.05, 0) is 40.2 Å². The molecule has 4 rings (SSSR count). The zero-order valence-corrected chi connectivity index (χ0v) is 17.1. The van der Waals surface area contributed by atoms with Gasteiger partial charge in [0.25, 0.3) is 0 Å². The summed E-state index contributed by atoms with van der Waals surface area (Å²) in [5.74, 6) is -0.378. The maximum atomic E-state index is 12.4. The highest BCUT2D eigenvalue weighted by Gasteiger charge is 2.37. The van der Waals surface area contributed by atoms with E-state index in [1.165, 1.54) is 16.2 Å². The fourth-order valence-electron chi connectivity index (χ4n) is 3.10. The van der Waals surface area contributed by atoms with Crippen LogP contribution in [0.2, 0.25) is 0 Å². The molecule has 1 saturated heterocycles. The minimum Gasteiger partial charge on any atom is -0.486 e. The summed E-state index contributed by atoms with van der Waals surface area (Å²) in [5, 5.41) is 0. The van der Waals surface area contributed by atoms with Gasteiger partial charge in [-0.1, -0.05) is 0 Å². The van der Waals surface area contributed by atoms with Crippen LogP contribution in [0.25, 0.3) is 0 Å². The van der Waals surface area contributed by atoms with E-state index in [4.69, 9.17) is 14.2 Å². The van der Waals surface area contributed by atoms with Gasteiger partial charge in [0, 0.05) is 24.7 Å². The Kier molecular flexibility index (Phi) is 5.36. The molecule has 0 saturated carbocycles. The van der Waals surface area contributed by atoms with E-state index < -0.39 is 11.9 Å². The largest absolute Gasteiger partial charge is 0.486 e. The van der Waals surface area contributed by atoms with Crippen LogP contribution in [0.15, 0.2) is 34.1 Å². The van der Waals surface area contributed by atoms with Crippen molar-refractivity contribution in [1.29, 1.82) is 0 Å². The number of benzene rings is 1. The van der Waals surface area contributed by atoms with Gasteiger partial charge in [0.1, 0.15) is 13.2 Å². The van der Waals surface area contributed by atoms with E-state index in [2.05, 4.69) is 15.9 Å². The van der Waals surface area contributed by atoms with Gasteiger partial charge in [-0.15, -0.1) is 11.3 Å². The molecule has 28 heavy (non-hydrogen) atoms. The van der Waals surface area contributed by atoms with Crippen molar-refractivity contribution in [3.8, 4) is 11.5 Å². The van der Waals surface area contributed by atoms with E-state index >= 15 is 0 Å². The highest BCUT2D eigenvalue weighted by Crippen LogP contribution is 2.36. The Hall–Kier alpha value is -2.39. The zero-order valence-electron chi connectivity index (χ0n) is 14.7. The predicted octanol–water partition coefficient (Wildman–Crippen LogP) is 3.06. The lowest BCUT2D eigenvalue weighted by molar-refractivity contribution is -0.147. The lowest BCUT2D eigenvalue weighted by Crippen LogP contribution is -2.27. The predicted molar refractivity (Wildman–Crippen MR) is 105 cm³/mol. The van der Waals surface area contributed by atoms with Crippen LogP contribution in [-0.4, -0.2) is 44.0 Å². The summed E-state index contributed by atoms with van der Waals surface area (Å²) in [6, 6.07) is 8.68. The number of thiophene rings is 1. The second-order valence-electron chi connectivity index (χ2n) is 6.37. The molecule has 2 aliphatic heterocycles. The SMILES string of the molecule is O=C(COC(=O)[C@H]1CC(=O)N(c2ccc3c(c2)OCCO3)C1)c1ccc(Br)s1. The lowest BCUT2D eigenvalue weighted by atomic mass is 10.1. The number of ketones is 1. The Balaban J connectivity index is 1.37. The first-order chi connectivity index (χ1) is 13.5. The first-order valence-corrected chi connectivity index (χ1v) is 10.3. The summed E-state index contributed by atoms with van der Waals surface area (Å²) in [6.07, 6.45) is 0.0476. The van der Waals surface area contributed by atoms with E-state index in [0.717, 1.165) is 3.79 Å². The van der Waals surface area contributed by atoms with E-state index in [0.29, 0.717) is 35.3 Å². The smallest absolute Gasteiger partial charge is 0.311 e. The third kappa shape index (κ3) is 3.90. The van der Waals surface area contributed by atoms with Gasteiger partial charge in [0.15, 0.2) is 18.1 Å². The summed E-state index contributed by atoms with van der Waals surface area (Å²) in [7, 11) is 0. The third-order valence-corrected chi connectivity index (χ3v) is 6.15. The van der Waals surface area contributed by atoms with Crippen LogP contribution < -0.4 is 14.4 Å². The van der Waals surface area contributed by atoms with Gasteiger partial charge >= 0.3 is 5.97 Å². The number of esters is 1. The molecule has 9 heteroatoms. The summed E-state index contributed by atoms with van der Waals surface area (Å²) in [4.78, 5) is 38.9. The van der Waals surface area contributed by atoms with Crippen molar-refractivity contribution in [3.63, 3.8) is 0 Å². The molecule has 0 unspecified atom stereocenters. The number of fused-ring (bicyclic) bond motifs is 1. The lowest BCUT2D eigenvalue weighted by Gasteiger charge is -2.22. The molecular formula is C19H16BrNO6S. The first kappa shape index (κ1) is 18.9. The summed E-state index contributed by atoms with van der Waals surface area (Å²) >= 11 is 4.57. The fourth-order valence-corrected chi connectivity index (χ4v) is 4.42. The molecule has 0 aliphatic carbocycles. The molecule has 7 nitrogen and oxygen atoms in total. The average molecular weight is 466 g/mol. The Labute approximate surface area is 173 Å². The maximum absolute atomic E-state index is 12.4. The highest BCUT2D eigenvalue weighted by atomic mass is 79.9. The minimum atomic E-state index is -0.608. The van der Waals surface area contributed by atoms with Gasteiger partial charge in [0.2, 0.25) is 11.7 Å². The Morgan fingerprint density at radius 1 is 1.18 bits per heavy atom. The molecular weight excluding hydrogens is 450 g/mol. The molecule has 1 amide bonds. The number of amides is 1. The minimum absolute atomic E-state index is 0.0476. The van der Waals surface area contributed by atoms with E-state index in [9.17, 15) is 14.4 Å². The van der Waals surface area contributed by atoms with Crippen molar-refractivity contribution in [3.05, 3.63) is 39.0 Å². The molecule has 1 aromatic carbocycles. The van der Waals surface area contributed by atoms with Crippen molar-refractivity contribution < 1.29 is 28.6 Å². The molecule has 0 radical (unpaired) electrons. The molecule has 0 spiro atoms. The van der Waals surface area contributed by atoms with Crippen LogP contribution in [0.1, 0.15) is 16.1 Å².